The molecule has 28 heavy (non-hydrogen) atoms. The second-order valence-electron chi connectivity index (χ2n) is 6.80. The average molecular weight is 483 g/mol. The normalized spacial score (nSPS) is 16.1. The molecule has 0 aliphatic carbocycles. The van der Waals surface area contributed by atoms with Crippen molar-refractivity contribution in [1.29, 1.82) is 0 Å². The van der Waals surface area contributed by atoms with Crippen LogP contribution in [-0.4, -0.2) is 43.5 Å². The summed E-state index contributed by atoms with van der Waals surface area (Å²) in [4.78, 5) is 13.6. The molecule has 2 aromatic rings. The highest BCUT2D eigenvalue weighted by molar-refractivity contribution is 9.10. The maximum Gasteiger partial charge on any atom is 0.243 e. The van der Waals surface area contributed by atoms with E-state index in [4.69, 9.17) is 0 Å². The van der Waals surface area contributed by atoms with Crippen LogP contribution in [0.1, 0.15) is 18.4 Å². The van der Waals surface area contributed by atoms with E-state index in [9.17, 15) is 13.2 Å². The molecule has 1 fully saturated rings. The minimum Gasteiger partial charge on any atom is -0.353 e. The van der Waals surface area contributed by atoms with Crippen LogP contribution in [0.25, 0.3) is 0 Å². The Kier molecular flexibility index (Phi) is 7.20. The molecule has 1 aliphatic heterocycles. The van der Waals surface area contributed by atoms with Gasteiger partial charge in [0.25, 0.3) is 0 Å². The van der Waals surface area contributed by atoms with Gasteiger partial charge in [0.2, 0.25) is 15.9 Å². The molecular weight excluding hydrogens is 460 g/mol. The summed E-state index contributed by atoms with van der Waals surface area (Å²) in [5, 5.41) is 3.03. The number of sulfonamides is 1. The quantitative estimate of drug-likeness (QED) is 0.635. The molecule has 2 aromatic carbocycles. The highest BCUT2D eigenvalue weighted by Crippen LogP contribution is 2.22. The summed E-state index contributed by atoms with van der Waals surface area (Å²) in [5.41, 5.74) is 1.03. The summed E-state index contributed by atoms with van der Waals surface area (Å²) < 4.78 is 28.0. The van der Waals surface area contributed by atoms with Crippen molar-refractivity contribution in [1.82, 2.24) is 9.62 Å². The zero-order chi connectivity index (χ0) is 20.1. The molecule has 8 heteroatoms. The Morgan fingerprint density at radius 3 is 2.32 bits per heavy atom. The van der Waals surface area contributed by atoms with Crippen molar-refractivity contribution in [2.75, 3.05) is 18.8 Å². The van der Waals surface area contributed by atoms with E-state index in [-0.39, 0.29) is 11.9 Å². The van der Waals surface area contributed by atoms with Crippen molar-refractivity contribution in [2.45, 2.75) is 35.6 Å². The third kappa shape index (κ3) is 5.59. The molecule has 3 rings (SSSR count). The number of benzene rings is 2. The van der Waals surface area contributed by atoms with Gasteiger partial charge in [0.15, 0.2) is 0 Å². The highest BCUT2D eigenvalue weighted by atomic mass is 79.9. The number of nitrogens with zero attached hydrogens (tertiary/aromatic N) is 1. The second kappa shape index (κ2) is 9.43. The lowest BCUT2D eigenvalue weighted by atomic mass is 10.1. The lowest BCUT2D eigenvalue weighted by Gasteiger charge is -2.31. The highest BCUT2D eigenvalue weighted by Gasteiger charge is 2.29. The number of carbonyl (C=O) groups excluding carboxylic acids is 1. The van der Waals surface area contributed by atoms with Crippen molar-refractivity contribution in [3.8, 4) is 0 Å². The van der Waals surface area contributed by atoms with Crippen LogP contribution in [-0.2, 0) is 14.8 Å². The standard InChI is InChI=1S/C20H23BrN2O3S2/c1-15-2-8-19(9-3-15)28(25,26)23-12-10-17(11-13-23)22-20(24)14-27-18-6-4-16(21)5-7-18/h2-9,17H,10-14H2,1H3,(H,22,24). The maximum atomic E-state index is 12.7. The van der Waals surface area contributed by atoms with Gasteiger partial charge in [0.1, 0.15) is 0 Å². The maximum absolute atomic E-state index is 12.7. The van der Waals surface area contributed by atoms with E-state index < -0.39 is 10.0 Å². The van der Waals surface area contributed by atoms with Gasteiger partial charge in [-0.15, -0.1) is 11.8 Å². The Hall–Kier alpha value is -1.35. The van der Waals surface area contributed by atoms with Gasteiger partial charge in [-0.25, -0.2) is 8.42 Å². The van der Waals surface area contributed by atoms with Crippen molar-refractivity contribution < 1.29 is 13.2 Å². The van der Waals surface area contributed by atoms with Gasteiger partial charge in [-0.3, -0.25) is 4.79 Å². The first-order valence-electron chi connectivity index (χ1n) is 9.09. The number of hydrogen-bond acceptors (Lipinski definition) is 4. The van der Waals surface area contributed by atoms with Gasteiger partial charge in [0.05, 0.1) is 10.6 Å². The zero-order valence-corrected chi connectivity index (χ0v) is 18.8. The van der Waals surface area contributed by atoms with Crippen LogP contribution in [0.5, 0.6) is 0 Å². The van der Waals surface area contributed by atoms with E-state index >= 15 is 0 Å². The molecule has 0 unspecified atom stereocenters. The van der Waals surface area contributed by atoms with Crippen LogP contribution in [0.3, 0.4) is 0 Å². The zero-order valence-electron chi connectivity index (χ0n) is 15.6. The number of carbonyl (C=O) groups is 1. The number of halogens is 1. The summed E-state index contributed by atoms with van der Waals surface area (Å²) in [5.74, 6) is 0.330. The second-order valence-corrected chi connectivity index (χ2v) is 10.7. The summed E-state index contributed by atoms with van der Waals surface area (Å²) in [6, 6.07) is 14.8. The molecule has 1 heterocycles. The summed E-state index contributed by atoms with van der Waals surface area (Å²) in [6.07, 6.45) is 1.25. The van der Waals surface area contributed by atoms with E-state index in [2.05, 4.69) is 21.2 Å². The number of hydrogen-bond donors (Lipinski definition) is 1. The fourth-order valence-corrected chi connectivity index (χ4v) is 5.49. The van der Waals surface area contributed by atoms with Gasteiger partial charge in [0, 0.05) is 28.5 Å². The first-order valence-corrected chi connectivity index (χ1v) is 12.3. The summed E-state index contributed by atoms with van der Waals surface area (Å²) in [7, 11) is -3.47. The van der Waals surface area contributed by atoms with Crippen molar-refractivity contribution >= 4 is 43.6 Å². The van der Waals surface area contributed by atoms with Crippen molar-refractivity contribution in [2.24, 2.45) is 0 Å². The number of rotatable bonds is 6. The Morgan fingerprint density at radius 1 is 1.11 bits per heavy atom. The van der Waals surface area contributed by atoms with Crippen LogP contribution in [0.2, 0.25) is 0 Å². The van der Waals surface area contributed by atoms with Gasteiger partial charge < -0.3 is 5.32 Å². The van der Waals surface area contributed by atoms with Gasteiger partial charge in [-0.05, 0) is 56.2 Å². The van der Waals surface area contributed by atoms with Crippen LogP contribution in [0.4, 0.5) is 0 Å². The van der Waals surface area contributed by atoms with Crippen LogP contribution >= 0.6 is 27.7 Å². The van der Waals surface area contributed by atoms with E-state index in [1.54, 1.807) is 12.1 Å². The molecule has 5 nitrogen and oxygen atoms in total. The van der Waals surface area contributed by atoms with E-state index in [1.807, 2.05) is 43.3 Å². The predicted octanol–water partition coefficient (Wildman–Crippen LogP) is 3.82. The van der Waals surface area contributed by atoms with Gasteiger partial charge in [-0.2, -0.15) is 4.31 Å². The number of aryl methyl sites for hydroxylation is 1. The van der Waals surface area contributed by atoms with Crippen molar-refractivity contribution in [3.05, 3.63) is 58.6 Å². The minimum absolute atomic E-state index is 0.0162. The number of nitrogens with one attached hydrogen (secondary N) is 1. The molecule has 1 amide bonds. The molecule has 150 valence electrons. The predicted molar refractivity (Wildman–Crippen MR) is 116 cm³/mol. The molecule has 0 aromatic heterocycles. The molecule has 0 atom stereocenters. The lowest BCUT2D eigenvalue weighted by molar-refractivity contribution is -0.119. The Morgan fingerprint density at radius 2 is 1.71 bits per heavy atom. The molecule has 1 aliphatic rings. The van der Waals surface area contributed by atoms with Crippen LogP contribution < -0.4 is 5.32 Å². The molecule has 1 N–H and O–H groups in total. The minimum atomic E-state index is -3.47. The Bertz CT molecular complexity index is 907. The summed E-state index contributed by atoms with van der Waals surface area (Å²) >= 11 is 4.88. The number of thioether (sulfide) groups is 1. The fraction of sp³-hybridized carbons (Fsp3) is 0.350. The van der Waals surface area contributed by atoms with Crippen molar-refractivity contribution in [3.63, 3.8) is 0 Å². The lowest BCUT2D eigenvalue weighted by Crippen LogP contribution is -2.46. The monoisotopic (exact) mass is 482 g/mol. The number of amides is 1. The third-order valence-electron chi connectivity index (χ3n) is 4.66. The Balaban J connectivity index is 1.47. The molecule has 1 saturated heterocycles. The molecule has 0 radical (unpaired) electrons. The van der Waals surface area contributed by atoms with Crippen LogP contribution in [0.15, 0.2) is 62.8 Å². The Labute approximate surface area is 179 Å². The largest absolute Gasteiger partial charge is 0.353 e. The molecule has 0 bridgehead atoms. The molecule has 0 saturated carbocycles. The first kappa shape index (κ1) is 21.4. The van der Waals surface area contributed by atoms with Gasteiger partial charge >= 0.3 is 0 Å². The van der Waals surface area contributed by atoms with Gasteiger partial charge in [-0.1, -0.05) is 33.6 Å². The molecular formula is C20H23BrN2O3S2. The fourth-order valence-electron chi connectivity index (χ4n) is 3.05. The van der Waals surface area contributed by atoms with E-state index in [0.29, 0.717) is 36.6 Å². The summed E-state index contributed by atoms with van der Waals surface area (Å²) in [6.45, 7) is 2.77. The third-order valence-corrected chi connectivity index (χ3v) is 8.11. The van der Waals surface area contributed by atoms with E-state index in [0.717, 1.165) is 14.9 Å². The first-order chi connectivity index (χ1) is 13.3. The van der Waals surface area contributed by atoms with E-state index in [1.165, 1.54) is 16.1 Å². The molecule has 0 spiro atoms. The van der Waals surface area contributed by atoms with Crippen LogP contribution in [0, 0.1) is 6.92 Å². The SMILES string of the molecule is Cc1ccc(S(=O)(=O)N2CCC(NC(=O)CSc3ccc(Br)cc3)CC2)cc1. The topological polar surface area (TPSA) is 66.5 Å². The smallest absolute Gasteiger partial charge is 0.243 e. The average Bonchev–Trinajstić information content (AvgIpc) is 2.68. The number of piperidine rings is 1.